The molecule has 8 heteroatoms. The van der Waals surface area contributed by atoms with Gasteiger partial charge >= 0.3 is 0 Å². The fraction of sp³-hybridized carbons (Fsp3) is 0.333. The molecule has 1 fully saturated rings. The van der Waals surface area contributed by atoms with Gasteiger partial charge in [-0.25, -0.2) is 9.97 Å². The van der Waals surface area contributed by atoms with E-state index >= 15 is 0 Å². The van der Waals surface area contributed by atoms with Crippen molar-refractivity contribution in [2.24, 2.45) is 5.41 Å². The highest BCUT2D eigenvalue weighted by molar-refractivity contribution is 6.41. The number of hydrogen-bond acceptors (Lipinski definition) is 6. The Bertz CT molecular complexity index is 1080. The second kappa shape index (κ2) is 7.11. The average molecular weight is 433 g/mol. The van der Waals surface area contributed by atoms with Crippen LogP contribution in [0.2, 0.25) is 10.0 Å². The van der Waals surface area contributed by atoms with E-state index in [2.05, 4.69) is 23.7 Å². The Hall–Kier alpha value is -2.44. The largest absolute Gasteiger partial charge is 0.495 e. The lowest BCUT2D eigenvalue weighted by atomic mass is 9.84. The highest BCUT2D eigenvalue weighted by Gasteiger charge is 2.36. The van der Waals surface area contributed by atoms with Gasteiger partial charge < -0.3 is 20.1 Å². The Balaban J connectivity index is 1.98. The Labute approximate surface area is 179 Å². The van der Waals surface area contributed by atoms with Crippen molar-refractivity contribution in [3.05, 3.63) is 34.4 Å². The van der Waals surface area contributed by atoms with Crippen LogP contribution in [0.1, 0.15) is 13.8 Å². The zero-order chi connectivity index (χ0) is 20.9. The van der Waals surface area contributed by atoms with E-state index in [4.69, 9.17) is 43.4 Å². The number of aromatic nitrogens is 2. The number of fused-ring (bicyclic) bond motifs is 1. The third-order valence-corrected chi connectivity index (χ3v) is 5.83. The maximum absolute atomic E-state index is 6.62. The summed E-state index contributed by atoms with van der Waals surface area (Å²) in [6.45, 7) is 6.24. The van der Waals surface area contributed by atoms with Crippen LogP contribution in [0.15, 0.2) is 24.4 Å². The van der Waals surface area contributed by atoms with Crippen LogP contribution in [-0.4, -0.2) is 37.3 Å². The van der Waals surface area contributed by atoms with Gasteiger partial charge in [0.2, 0.25) is 0 Å². The average Bonchev–Trinajstić information content (AvgIpc) is 2.66. The molecule has 2 N–H and O–H groups in total. The molecule has 1 aliphatic heterocycles. The van der Waals surface area contributed by atoms with Crippen molar-refractivity contribution < 1.29 is 9.47 Å². The first-order chi connectivity index (χ1) is 13.7. The third kappa shape index (κ3) is 3.40. The summed E-state index contributed by atoms with van der Waals surface area (Å²) < 4.78 is 10.8. The van der Waals surface area contributed by atoms with Crippen molar-refractivity contribution >= 4 is 45.6 Å². The van der Waals surface area contributed by atoms with Crippen LogP contribution in [0.4, 0.5) is 11.6 Å². The van der Waals surface area contributed by atoms with Crippen LogP contribution >= 0.6 is 23.2 Å². The predicted octanol–water partition coefficient (Wildman–Crippen LogP) is 5.05. The molecule has 3 heterocycles. The zero-order valence-electron chi connectivity index (χ0n) is 16.7. The summed E-state index contributed by atoms with van der Waals surface area (Å²) in [5.74, 6) is 2.21. The summed E-state index contributed by atoms with van der Waals surface area (Å²) >= 11 is 13.2. The van der Waals surface area contributed by atoms with Gasteiger partial charge in [0.05, 0.1) is 30.0 Å². The van der Waals surface area contributed by atoms with Crippen LogP contribution in [0.3, 0.4) is 0 Å². The number of ether oxygens (including phenoxy) is 2. The van der Waals surface area contributed by atoms with Gasteiger partial charge in [-0.3, -0.25) is 0 Å². The summed E-state index contributed by atoms with van der Waals surface area (Å²) in [6, 6.07) is 5.42. The molecule has 1 saturated heterocycles. The van der Waals surface area contributed by atoms with E-state index in [1.165, 1.54) is 0 Å². The van der Waals surface area contributed by atoms with Crippen LogP contribution in [0.5, 0.6) is 11.5 Å². The molecule has 0 bridgehead atoms. The van der Waals surface area contributed by atoms with E-state index in [1.54, 1.807) is 26.5 Å². The molecule has 0 radical (unpaired) electrons. The molecule has 0 atom stereocenters. The number of methoxy groups -OCH3 is 2. The minimum absolute atomic E-state index is 0.233. The summed E-state index contributed by atoms with van der Waals surface area (Å²) in [5, 5.41) is 2.60. The maximum Gasteiger partial charge on any atom is 0.141 e. The zero-order valence-corrected chi connectivity index (χ0v) is 18.2. The smallest absolute Gasteiger partial charge is 0.141 e. The number of pyridine rings is 2. The number of nitrogen functional groups attached to an aromatic ring is 1. The molecule has 0 saturated carbocycles. The van der Waals surface area contributed by atoms with Crippen molar-refractivity contribution in [1.82, 2.24) is 9.97 Å². The molecular weight excluding hydrogens is 411 g/mol. The fourth-order valence-electron chi connectivity index (χ4n) is 3.76. The highest BCUT2D eigenvalue weighted by atomic mass is 35.5. The van der Waals surface area contributed by atoms with Crippen molar-refractivity contribution in [1.29, 1.82) is 0 Å². The van der Waals surface area contributed by atoms with Gasteiger partial charge in [0, 0.05) is 41.7 Å². The lowest BCUT2D eigenvalue weighted by molar-refractivity contribution is 0.275. The molecule has 152 valence electrons. The molecular formula is C21H22Cl2N4O2. The number of nitrogens with zero attached hydrogens (tertiary/aromatic N) is 3. The van der Waals surface area contributed by atoms with Gasteiger partial charge in [-0.05, 0) is 17.5 Å². The number of hydrogen-bond donors (Lipinski definition) is 1. The van der Waals surface area contributed by atoms with Crippen LogP contribution < -0.4 is 20.1 Å². The fourth-order valence-corrected chi connectivity index (χ4v) is 4.46. The van der Waals surface area contributed by atoms with E-state index in [0.29, 0.717) is 38.6 Å². The molecule has 0 spiro atoms. The number of anilines is 2. The minimum Gasteiger partial charge on any atom is -0.495 e. The van der Waals surface area contributed by atoms with Gasteiger partial charge in [-0.2, -0.15) is 0 Å². The number of halogens is 2. The monoisotopic (exact) mass is 432 g/mol. The molecule has 0 unspecified atom stereocenters. The first-order valence-electron chi connectivity index (χ1n) is 9.15. The van der Waals surface area contributed by atoms with Crippen molar-refractivity contribution in [3.8, 4) is 22.8 Å². The number of rotatable bonds is 4. The molecule has 2 aromatic heterocycles. The normalized spacial score (nSPS) is 15.3. The van der Waals surface area contributed by atoms with Gasteiger partial charge in [0.1, 0.15) is 23.1 Å². The van der Waals surface area contributed by atoms with Crippen molar-refractivity contribution in [2.75, 3.05) is 37.9 Å². The van der Waals surface area contributed by atoms with Crippen molar-refractivity contribution in [3.63, 3.8) is 0 Å². The highest BCUT2D eigenvalue weighted by Crippen LogP contribution is 2.47. The first-order valence-corrected chi connectivity index (χ1v) is 9.91. The Morgan fingerprint density at radius 1 is 1.03 bits per heavy atom. The lowest BCUT2D eigenvalue weighted by Gasteiger charge is -2.47. The minimum atomic E-state index is 0.233. The summed E-state index contributed by atoms with van der Waals surface area (Å²) in [6.07, 6.45) is 1.74. The van der Waals surface area contributed by atoms with Gasteiger partial charge in [-0.15, -0.1) is 0 Å². The summed E-state index contributed by atoms with van der Waals surface area (Å²) in [4.78, 5) is 11.4. The van der Waals surface area contributed by atoms with E-state index in [0.717, 1.165) is 29.7 Å². The van der Waals surface area contributed by atoms with E-state index in [9.17, 15) is 0 Å². The Morgan fingerprint density at radius 3 is 2.21 bits per heavy atom. The Morgan fingerprint density at radius 2 is 1.66 bits per heavy atom. The molecule has 0 aliphatic carbocycles. The molecule has 6 nitrogen and oxygen atoms in total. The predicted molar refractivity (Wildman–Crippen MR) is 119 cm³/mol. The SMILES string of the molecule is COc1cc(OC)c(Cl)c(-c2cc3cnc(N)cc3c(N3CC(C)(C)C3)n2)c1Cl. The standard InChI is InChI=1S/C21H22Cl2N4O2/c1-21(2)9-27(10-21)20-12-6-16(24)25-8-11(12)5-13(26-20)17-18(22)14(28-3)7-15(29-4)19(17)23/h5-8H,9-10H2,1-4H3,(H2,24,25). The van der Waals surface area contributed by atoms with E-state index < -0.39 is 0 Å². The molecule has 1 aromatic carbocycles. The van der Waals surface area contributed by atoms with Gasteiger partial charge in [0.15, 0.2) is 0 Å². The quantitative estimate of drug-likeness (QED) is 0.621. The van der Waals surface area contributed by atoms with Crippen LogP contribution in [0, 0.1) is 5.41 Å². The molecule has 1 aliphatic rings. The number of nitrogens with two attached hydrogens (primary N) is 1. The second-order valence-corrected chi connectivity index (χ2v) is 8.72. The molecule has 3 aromatic rings. The summed E-state index contributed by atoms with van der Waals surface area (Å²) in [5.41, 5.74) is 7.36. The summed E-state index contributed by atoms with van der Waals surface area (Å²) in [7, 11) is 3.10. The van der Waals surface area contributed by atoms with E-state index in [-0.39, 0.29) is 5.41 Å². The van der Waals surface area contributed by atoms with E-state index in [1.807, 2.05) is 12.1 Å². The molecule has 0 amide bonds. The Kier molecular flexibility index (Phi) is 4.87. The topological polar surface area (TPSA) is 73.5 Å². The number of benzene rings is 1. The molecule has 4 rings (SSSR count). The molecule has 29 heavy (non-hydrogen) atoms. The first kappa shape index (κ1) is 19.9. The van der Waals surface area contributed by atoms with Gasteiger partial charge in [0.25, 0.3) is 0 Å². The maximum atomic E-state index is 6.62. The van der Waals surface area contributed by atoms with Crippen LogP contribution in [-0.2, 0) is 0 Å². The van der Waals surface area contributed by atoms with Crippen molar-refractivity contribution in [2.45, 2.75) is 13.8 Å². The lowest BCUT2D eigenvalue weighted by Crippen LogP contribution is -2.53. The second-order valence-electron chi connectivity index (χ2n) is 7.97. The van der Waals surface area contributed by atoms with Crippen LogP contribution in [0.25, 0.3) is 22.0 Å². The van der Waals surface area contributed by atoms with Gasteiger partial charge in [-0.1, -0.05) is 37.0 Å². The third-order valence-electron chi connectivity index (χ3n) is 5.08.